The largest absolute Gasteiger partial charge is 0.493 e. The molecule has 0 aliphatic heterocycles. The molecule has 6 heteroatoms. The van der Waals surface area contributed by atoms with Crippen molar-refractivity contribution in [2.45, 2.75) is 0 Å². The van der Waals surface area contributed by atoms with E-state index in [1.54, 1.807) is 43.5 Å². The Bertz CT molecular complexity index is 846. The lowest BCUT2D eigenvalue weighted by atomic mass is 10.1. The van der Waals surface area contributed by atoms with Gasteiger partial charge in [-0.2, -0.15) is 0 Å². The van der Waals surface area contributed by atoms with Crippen LogP contribution >= 0.6 is 0 Å². The molecule has 3 rings (SSSR count). The number of hydrogen-bond acceptors (Lipinski definition) is 5. The van der Waals surface area contributed by atoms with Gasteiger partial charge in [-0.1, -0.05) is 24.3 Å². The number of aromatic carboxylic acids is 1. The first-order valence-electron chi connectivity index (χ1n) is 7.15. The Morgan fingerprint density at radius 2 is 1.62 bits per heavy atom. The maximum absolute atomic E-state index is 10.9. The molecule has 0 aliphatic rings. The van der Waals surface area contributed by atoms with Crippen molar-refractivity contribution in [1.29, 1.82) is 0 Å². The zero-order valence-electron chi connectivity index (χ0n) is 12.8. The van der Waals surface area contributed by atoms with Gasteiger partial charge in [0.2, 0.25) is 5.88 Å². The maximum Gasteiger partial charge on any atom is 0.335 e. The van der Waals surface area contributed by atoms with E-state index < -0.39 is 5.97 Å². The number of benzene rings is 2. The van der Waals surface area contributed by atoms with Gasteiger partial charge in [-0.25, -0.2) is 4.79 Å². The number of carbonyl (C=O) groups is 1. The average molecular weight is 322 g/mol. The summed E-state index contributed by atoms with van der Waals surface area (Å²) in [5, 5.41) is 17.1. The Balaban J connectivity index is 1.79. The van der Waals surface area contributed by atoms with Gasteiger partial charge in [-0.3, -0.25) is 0 Å². The van der Waals surface area contributed by atoms with Gasteiger partial charge in [0.25, 0.3) is 0 Å². The fourth-order valence-corrected chi connectivity index (χ4v) is 2.13. The van der Waals surface area contributed by atoms with Crippen molar-refractivity contribution in [3.05, 3.63) is 66.2 Å². The first kappa shape index (κ1) is 15.5. The third-order valence-corrected chi connectivity index (χ3v) is 3.35. The molecule has 6 nitrogen and oxygen atoms in total. The fourth-order valence-electron chi connectivity index (χ4n) is 2.13. The van der Waals surface area contributed by atoms with Crippen LogP contribution in [-0.2, 0) is 0 Å². The summed E-state index contributed by atoms with van der Waals surface area (Å²) in [5.41, 5.74) is 1.62. The van der Waals surface area contributed by atoms with E-state index in [1.807, 2.05) is 12.1 Å². The lowest BCUT2D eigenvalue weighted by molar-refractivity contribution is 0.0697. The number of hydrogen-bond donors (Lipinski definition) is 1. The smallest absolute Gasteiger partial charge is 0.335 e. The van der Waals surface area contributed by atoms with Crippen LogP contribution < -0.4 is 9.47 Å². The van der Waals surface area contributed by atoms with Crippen molar-refractivity contribution in [3.63, 3.8) is 0 Å². The maximum atomic E-state index is 10.9. The normalized spacial score (nSPS) is 10.2. The molecule has 0 spiro atoms. The van der Waals surface area contributed by atoms with Crippen molar-refractivity contribution in [1.82, 2.24) is 10.2 Å². The first-order chi connectivity index (χ1) is 11.7. The highest BCUT2D eigenvalue weighted by atomic mass is 16.5. The summed E-state index contributed by atoms with van der Waals surface area (Å²) in [6.07, 6.45) is 0. The Hall–Kier alpha value is -3.41. The minimum atomic E-state index is -0.965. The zero-order valence-corrected chi connectivity index (χ0v) is 12.8. The highest BCUT2D eigenvalue weighted by molar-refractivity contribution is 5.88. The highest BCUT2D eigenvalue weighted by Gasteiger charge is 2.08. The number of rotatable bonds is 5. The van der Waals surface area contributed by atoms with Crippen LogP contribution in [0, 0.1) is 0 Å². The first-order valence-corrected chi connectivity index (χ1v) is 7.15. The van der Waals surface area contributed by atoms with Crippen LogP contribution in [0.15, 0.2) is 60.7 Å². The van der Waals surface area contributed by atoms with E-state index in [1.165, 1.54) is 12.1 Å². The van der Waals surface area contributed by atoms with Crippen molar-refractivity contribution < 1.29 is 19.4 Å². The Morgan fingerprint density at radius 3 is 2.21 bits per heavy atom. The summed E-state index contributed by atoms with van der Waals surface area (Å²) >= 11 is 0. The second kappa shape index (κ2) is 6.78. The Labute approximate surface area is 138 Å². The van der Waals surface area contributed by atoms with E-state index in [9.17, 15) is 4.79 Å². The van der Waals surface area contributed by atoms with E-state index in [2.05, 4.69) is 10.2 Å². The van der Waals surface area contributed by atoms with E-state index in [0.717, 1.165) is 5.56 Å². The molecule has 0 saturated carbocycles. The number of aromatic nitrogens is 2. The van der Waals surface area contributed by atoms with E-state index in [-0.39, 0.29) is 5.56 Å². The number of carboxylic acid groups (broad SMARTS) is 1. The lowest BCUT2D eigenvalue weighted by Gasteiger charge is -2.09. The van der Waals surface area contributed by atoms with Crippen LogP contribution in [0.1, 0.15) is 10.4 Å². The van der Waals surface area contributed by atoms with Crippen LogP contribution in [0.5, 0.6) is 17.4 Å². The molecule has 2 aromatic carbocycles. The minimum Gasteiger partial charge on any atom is -0.493 e. The van der Waals surface area contributed by atoms with Gasteiger partial charge >= 0.3 is 5.97 Å². The van der Waals surface area contributed by atoms with Gasteiger partial charge in [0.1, 0.15) is 0 Å². The second-order valence-electron chi connectivity index (χ2n) is 4.89. The summed E-state index contributed by atoms with van der Waals surface area (Å²) in [6.45, 7) is 0. The van der Waals surface area contributed by atoms with E-state index >= 15 is 0 Å². The molecule has 120 valence electrons. The van der Waals surface area contributed by atoms with Crippen molar-refractivity contribution in [3.8, 4) is 28.6 Å². The van der Waals surface area contributed by atoms with Gasteiger partial charge < -0.3 is 14.6 Å². The second-order valence-corrected chi connectivity index (χ2v) is 4.89. The number of para-hydroxylation sites is 2. The fraction of sp³-hybridized carbons (Fsp3) is 0.0556. The van der Waals surface area contributed by atoms with E-state index in [4.69, 9.17) is 14.6 Å². The van der Waals surface area contributed by atoms with Crippen LogP contribution in [0.4, 0.5) is 0 Å². The van der Waals surface area contributed by atoms with Crippen molar-refractivity contribution >= 4 is 5.97 Å². The molecule has 0 fully saturated rings. The molecule has 3 aromatic rings. The molecule has 1 heterocycles. The average Bonchev–Trinajstić information content (AvgIpc) is 2.63. The molecular weight excluding hydrogens is 308 g/mol. The van der Waals surface area contributed by atoms with Crippen molar-refractivity contribution in [2.24, 2.45) is 0 Å². The standard InChI is InChI=1S/C18H14N2O4/c1-23-15-4-2-3-5-16(15)24-17-11-10-14(19-20-17)12-6-8-13(9-7-12)18(21)22/h2-11H,1H3,(H,21,22). The number of carboxylic acids is 1. The third kappa shape index (κ3) is 3.33. The number of ether oxygens (including phenoxy) is 2. The SMILES string of the molecule is COc1ccccc1Oc1ccc(-c2ccc(C(=O)O)cc2)nn1. The van der Waals surface area contributed by atoms with Gasteiger partial charge in [-0.15, -0.1) is 10.2 Å². The van der Waals surface area contributed by atoms with Gasteiger partial charge in [-0.05, 0) is 30.3 Å². The van der Waals surface area contributed by atoms with Crippen LogP contribution in [0.25, 0.3) is 11.3 Å². The third-order valence-electron chi connectivity index (χ3n) is 3.35. The molecule has 0 bridgehead atoms. The predicted octanol–water partition coefficient (Wildman–Crippen LogP) is 3.64. The Kier molecular flexibility index (Phi) is 4.38. The monoisotopic (exact) mass is 322 g/mol. The van der Waals surface area contributed by atoms with Crippen LogP contribution in [0.3, 0.4) is 0 Å². The Morgan fingerprint density at radius 1 is 0.917 bits per heavy atom. The summed E-state index contributed by atoms with van der Waals surface area (Å²) in [5.74, 6) is 0.527. The topological polar surface area (TPSA) is 81.5 Å². The van der Waals surface area contributed by atoms with Gasteiger partial charge in [0, 0.05) is 11.6 Å². The molecule has 24 heavy (non-hydrogen) atoms. The molecular formula is C18H14N2O4. The van der Waals surface area contributed by atoms with Gasteiger partial charge in [0.15, 0.2) is 11.5 Å². The molecule has 0 unspecified atom stereocenters. The quantitative estimate of drug-likeness (QED) is 0.772. The van der Waals surface area contributed by atoms with Crippen molar-refractivity contribution in [2.75, 3.05) is 7.11 Å². The lowest BCUT2D eigenvalue weighted by Crippen LogP contribution is -1.96. The molecule has 0 atom stereocenters. The number of methoxy groups -OCH3 is 1. The molecule has 1 aromatic heterocycles. The summed E-state index contributed by atoms with van der Waals surface area (Å²) in [6, 6.07) is 17.1. The van der Waals surface area contributed by atoms with E-state index in [0.29, 0.717) is 23.1 Å². The summed E-state index contributed by atoms with van der Waals surface area (Å²) in [7, 11) is 1.57. The number of nitrogens with zero attached hydrogens (tertiary/aromatic N) is 2. The predicted molar refractivity (Wildman–Crippen MR) is 87.5 cm³/mol. The molecule has 0 aliphatic carbocycles. The molecule has 0 saturated heterocycles. The van der Waals surface area contributed by atoms with Crippen LogP contribution in [0.2, 0.25) is 0 Å². The molecule has 0 radical (unpaired) electrons. The molecule has 1 N–H and O–H groups in total. The molecule has 0 amide bonds. The minimum absolute atomic E-state index is 0.225. The summed E-state index contributed by atoms with van der Waals surface area (Å²) in [4.78, 5) is 10.9. The zero-order chi connectivity index (χ0) is 16.9. The highest BCUT2D eigenvalue weighted by Crippen LogP contribution is 2.30. The van der Waals surface area contributed by atoms with Gasteiger partial charge in [0.05, 0.1) is 18.4 Å². The van der Waals surface area contributed by atoms with Crippen LogP contribution in [-0.4, -0.2) is 28.4 Å². The summed E-state index contributed by atoms with van der Waals surface area (Å²) < 4.78 is 10.9.